The summed E-state index contributed by atoms with van der Waals surface area (Å²) in [4.78, 5) is 27.7. The number of piperidine rings is 1. The molecule has 2 aliphatic rings. The first-order valence-corrected chi connectivity index (χ1v) is 13.2. The Kier molecular flexibility index (Phi) is 8.69. The van der Waals surface area contributed by atoms with Crippen LogP contribution in [0.5, 0.6) is 11.5 Å². The highest BCUT2D eigenvalue weighted by atomic mass is 19.1. The molecule has 2 fully saturated rings. The molecular formula is C29H37FN2O5. The van der Waals surface area contributed by atoms with Crippen LogP contribution in [0.3, 0.4) is 0 Å². The molecule has 0 aliphatic carbocycles. The number of hydrogen-bond donors (Lipinski definition) is 1. The van der Waals surface area contributed by atoms with Gasteiger partial charge >= 0.3 is 5.97 Å². The molecule has 2 aromatic carbocycles. The number of benzene rings is 2. The Bertz CT molecular complexity index is 1070. The zero-order valence-electron chi connectivity index (χ0n) is 21.8. The fraction of sp³-hybridized carbons (Fsp3) is 0.517. The Morgan fingerprint density at radius 2 is 1.68 bits per heavy atom. The van der Waals surface area contributed by atoms with E-state index in [9.17, 15) is 14.0 Å². The fourth-order valence-electron chi connectivity index (χ4n) is 5.56. The molecule has 0 saturated carbocycles. The highest BCUT2D eigenvalue weighted by Crippen LogP contribution is 2.43. The minimum absolute atomic E-state index is 0.00376. The van der Waals surface area contributed by atoms with Crippen LogP contribution in [-0.4, -0.2) is 66.2 Å². The SMILES string of the molecule is CCOc1cc(CN2CCC3(CC2)CC(=O)N(CCCC(=O)O)C3)cc(OCC)c1-c1ccc(F)cc1. The summed E-state index contributed by atoms with van der Waals surface area (Å²) in [6.45, 7) is 8.69. The van der Waals surface area contributed by atoms with Gasteiger partial charge in [-0.05, 0) is 87.0 Å². The van der Waals surface area contributed by atoms with Crippen molar-refractivity contribution in [1.29, 1.82) is 0 Å². The van der Waals surface area contributed by atoms with E-state index < -0.39 is 5.97 Å². The van der Waals surface area contributed by atoms with Crippen molar-refractivity contribution in [2.45, 2.75) is 52.5 Å². The highest BCUT2D eigenvalue weighted by molar-refractivity contribution is 5.80. The predicted octanol–water partition coefficient (Wildman–Crippen LogP) is 4.97. The van der Waals surface area contributed by atoms with E-state index in [2.05, 4.69) is 17.0 Å². The Morgan fingerprint density at radius 3 is 2.24 bits per heavy atom. The second-order valence-corrected chi connectivity index (χ2v) is 10.1. The molecule has 0 unspecified atom stereocenters. The summed E-state index contributed by atoms with van der Waals surface area (Å²) in [6.07, 6.45) is 3.04. The number of ether oxygens (including phenoxy) is 2. The number of carboxylic acid groups (broad SMARTS) is 1. The lowest BCUT2D eigenvalue weighted by Crippen LogP contribution is -2.41. The number of rotatable bonds is 11. The summed E-state index contributed by atoms with van der Waals surface area (Å²) in [5.41, 5.74) is 2.76. The van der Waals surface area contributed by atoms with Crippen LogP contribution in [0.4, 0.5) is 4.39 Å². The lowest BCUT2D eigenvalue weighted by Gasteiger charge is -2.39. The van der Waals surface area contributed by atoms with E-state index >= 15 is 0 Å². The van der Waals surface area contributed by atoms with Gasteiger partial charge in [-0.25, -0.2) is 4.39 Å². The van der Waals surface area contributed by atoms with Crippen molar-refractivity contribution in [2.24, 2.45) is 5.41 Å². The number of carbonyl (C=O) groups is 2. The number of aliphatic carboxylic acids is 1. The zero-order valence-corrected chi connectivity index (χ0v) is 21.8. The molecule has 1 N–H and O–H groups in total. The molecule has 1 amide bonds. The molecule has 2 saturated heterocycles. The molecule has 0 aromatic heterocycles. The van der Waals surface area contributed by atoms with Gasteiger partial charge in [-0.2, -0.15) is 0 Å². The molecule has 8 heteroatoms. The molecule has 0 radical (unpaired) electrons. The van der Waals surface area contributed by atoms with Crippen LogP contribution in [0.2, 0.25) is 0 Å². The van der Waals surface area contributed by atoms with Crippen molar-refractivity contribution in [3.8, 4) is 22.6 Å². The molecule has 0 bridgehead atoms. The lowest BCUT2D eigenvalue weighted by molar-refractivity contribution is -0.137. The first kappa shape index (κ1) is 26.9. The fourth-order valence-corrected chi connectivity index (χ4v) is 5.56. The summed E-state index contributed by atoms with van der Waals surface area (Å²) in [5, 5.41) is 8.88. The predicted molar refractivity (Wildman–Crippen MR) is 139 cm³/mol. The molecule has 37 heavy (non-hydrogen) atoms. The summed E-state index contributed by atoms with van der Waals surface area (Å²) in [7, 11) is 0. The van der Waals surface area contributed by atoms with Crippen LogP contribution in [0.25, 0.3) is 11.1 Å². The molecule has 2 aromatic rings. The molecule has 4 rings (SSSR count). The van der Waals surface area contributed by atoms with Crippen molar-refractivity contribution in [2.75, 3.05) is 39.4 Å². The second kappa shape index (κ2) is 11.9. The standard InChI is InChI=1S/C29H37FN2O5/c1-3-36-24-16-21(17-25(37-4-2)28(24)22-7-9-23(30)10-8-22)19-31-14-11-29(12-15-31)18-26(33)32(20-29)13-5-6-27(34)35/h7-10,16-17H,3-6,11-15,18-20H2,1-2H3,(H,34,35). The maximum Gasteiger partial charge on any atom is 0.303 e. The third-order valence-electron chi connectivity index (χ3n) is 7.41. The first-order chi connectivity index (χ1) is 17.8. The number of hydrogen-bond acceptors (Lipinski definition) is 5. The van der Waals surface area contributed by atoms with Crippen LogP contribution < -0.4 is 9.47 Å². The number of carboxylic acids is 1. The van der Waals surface area contributed by atoms with Crippen molar-refractivity contribution >= 4 is 11.9 Å². The number of likely N-dealkylation sites (tertiary alicyclic amines) is 2. The van der Waals surface area contributed by atoms with Gasteiger partial charge in [-0.15, -0.1) is 0 Å². The quantitative estimate of drug-likeness (QED) is 0.458. The topological polar surface area (TPSA) is 79.3 Å². The molecule has 1 spiro atoms. The van der Waals surface area contributed by atoms with Gasteiger partial charge in [0.2, 0.25) is 5.91 Å². The Labute approximate surface area is 218 Å². The van der Waals surface area contributed by atoms with Crippen molar-refractivity contribution in [3.05, 3.63) is 47.8 Å². The summed E-state index contributed by atoms with van der Waals surface area (Å²) in [6, 6.07) is 10.5. The Morgan fingerprint density at radius 1 is 1.05 bits per heavy atom. The summed E-state index contributed by atoms with van der Waals surface area (Å²) >= 11 is 0. The van der Waals surface area contributed by atoms with Crippen LogP contribution in [0.1, 0.15) is 51.5 Å². The second-order valence-electron chi connectivity index (χ2n) is 10.1. The molecular weight excluding hydrogens is 475 g/mol. The number of nitrogens with zero attached hydrogens (tertiary/aromatic N) is 2. The highest BCUT2D eigenvalue weighted by Gasteiger charge is 2.44. The van der Waals surface area contributed by atoms with E-state index in [4.69, 9.17) is 14.6 Å². The van der Waals surface area contributed by atoms with Crippen molar-refractivity contribution in [1.82, 2.24) is 9.80 Å². The maximum atomic E-state index is 13.6. The van der Waals surface area contributed by atoms with Gasteiger partial charge < -0.3 is 19.5 Å². The van der Waals surface area contributed by atoms with Crippen molar-refractivity contribution in [3.63, 3.8) is 0 Å². The minimum atomic E-state index is -0.819. The molecule has 0 atom stereocenters. The van der Waals surface area contributed by atoms with Crippen LogP contribution in [0.15, 0.2) is 36.4 Å². The number of carbonyl (C=O) groups excluding carboxylic acids is 1. The molecule has 2 heterocycles. The van der Waals surface area contributed by atoms with Gasteiger partial charge in [0.15, 0.2) is 0 Å². The molecule has 200 valence electrons. The smallest absolute Gasteiger partial charge is 0.303 e. The van der Waals surface area contributed by atoms with E-state index in [1.807, 2.05) is 18.7 Å². The van der Waals surface area contributed by atoms with Gasteiger partial charge in [0, 0.05) is 32.5 Å². The molecule has 2 aliphatic heterocycles. The summed E-state index contributed by atoms with van der Waals surface area (Å²) in [5.74, 6) is 0.494. The third-order valence-corrected chi connectivity index (χ3v) is 7.41. The van der Waals surface area contributed by atoms with Gasteiger partial charge in [0.05, 0.1) is 18.8 Å². The zero-order chi connectivity index (χ0) is 26.4. The van der Waals surface area contributed by atoms with Crippen LogP contribution in [-0.2, 0) is 16.1 Å². The van der Waals surface area contributed by atoms with Gasteiger partial charge in [-0.1, -0.05) is 12.1 Å². The van der Waals surface area contributed by atoms with E-state index in [1.54, 1.807) is 12.1 Å². The number of amides is 1. The number of halogens is 1. The molecule has 7 nitrogen and oxygen atoms in total. The van der Waals surface area contributed by atoms with Crippen molar-refractivity contribution < 1.29 is 28.6 Å². The van der Waals surface area contributed by atoms with E-state index in [1.165, 1.54) is 12.1 Å². The summed E-state index contributed by atoms with van der Waals surface area (Å²) < 4.78 is 25.6. The van der Waals surface area contributed by atoms with Gasteiger partial charge in [0.25, 0.3) is 0 Å². The van der Waals surface area contributed by atoms with E-state index in [-0.39, 0.29) is 23.6 Å². The minimum Gasteiger partial charge on any atom is -0.493 e. The first-order valence-electron chi connectivity index (χ1n) is 13.2. The van der Waals surface area contributed by atoms with E-state index in [0.29, 0.717) is 32.6 Å². The maximum absolute atomic E-state index is 13.6. The third kappa shape index (κ3) is 6.60. The van der Waals surface area contributed by atoms with Crippen LogP contribution in [0, 0.1) is 11.2 Å². The lowest BCUT2D eigenvalue weighted by atomic mass is 9.77. The Balaban J connectivity index is 1.45. The van der Waals surface area contributed by atoms with Gasteiger partial charge in [0.1, 0.15) is 17.3 Å². The average molecular weight is 513 g/mol. The van der Waals surface area contributed by atoms with E-state index in [0.717, 1.165) is 67.2 Å². The average Bonchev–Trinajstić information content (AvgIpc) is 3.16. The Hall–Kier alpha value is -3.13. The van der Waals surface area contributed by atoms with Gasteiger partial charge in [-0.3, -0.25) is 14.5 Å². The normalized spacial score (nSPS) is 17.4. The largest absolute Gasteiger partial charge is 0.493 e. The monoisotopic (exact) mass is 512 g/mol. The van der Waals surface area contributed by atoms with Crippen LogP contribution >= 0.6 is 0 Å².